The molecule has 1 amide bonds. The van der Waals surface area contributed by atoms with E-state index >= 15 is 0 Å². The number of amides is 1. The third-order valence-electron chi connectivity index (χ3n) is 2.51. The Labute approximate surface area is 126 Å². The van der Waals surface area contributed by atoms with E-state index in [1.807, 2.05) is 6.92 Å². The van der Waals surface area contributed by atoms with Crippen molar-refractivity contribution in [1.29, 1.82) is 0 Å². The summed E-state index contributed by atoms with van der Waals surface area (Å²) >= 11 is 3.30. The normalized spacial score (nSPS) is 11.8. The molecule has 20 heavy (non-hydrogen) atoms. The lowest BCUT2D eigenvalue weighted by molar-refractivity contribution is -0.124. The lowest BCUT2D eigenvalue weighted by Gasteiger charge is -2.14. The quantitative estimate of drug-likeness (QED) is 0.770. The lowest BCUT2D eigenvalue weighted by atomic mass is 10.1. The minimum absolute atomic E-state index is 0.0918. The molecule has 0 fully saturated rings. The molecule has 1 N–H and O–H groups in total. The maximum absolute atomic E-state index is 11.7. The van der Waals surface area contributed by atoms with Crippen LogP contribution in [0.5, 0.6) is 5.75 Å². The molecular formula is C14H18BrNO4. The van der Waals surface area contributed by atoms with Crippen LogP contribution in [0.4, 0.5) is 0 Å². The van der Waals surface area contributed by atoms with Gasteiger partial charge in [0.2, 0.25) is 0 Å². The lowest BCUT2D eigenvalue weighted by Crippen LogP contribution is -2.38. The van der Waals surface area contributed by atoms with Gasteiger partial charge in [-0.15, -0.1) is 0 Å². The number of hydrogen-bond acceptors (Lipinski definition) is 4. The SMILES string of the molecule is COCC(C)NC(=O)COc1cc(Br)ccc1C(C)=O. The van der Waals surface area contributed by atoms with E-state index in [4.69, 9.17) is 9.47 Å². The van der Waals surface area contributed by atoms with Gasteiger partial charge >= 0.3 is 0 Å². The molecule has 1 atom stereocenters. The third kappa shape index (κ3) is 5.30. The number of Topliss-reactive ketones (excluding diaryl/α,β-unsaturated/α-hetero) is 1. The molecule has 0 radical (unpaired) electrons. The highest BCUT2D eigenvalue weighted by molar-refractivity contribution is 9.10. The number of ether oxygens (including phenoxy) is 2. The molecule has 0 spiro atoms. The van der Waals surface area contributed by atoms with Crippen LogP contribution >= 0.6 is 15.9 Å². The first-order valence-electron chi connectivity index (χ1n) is 6.15. The van der Waals surface area contributed by atoms with Crippen molar-refractivity contribution in [3.8, 4) is 5.75 Å². The molecule has 0 bridgehead atoms. The summed E-state index contributed by atoms with van der Waals surface area (Å²) in [6.07, 6.45) is 0. The summed E-state index contributed by atoms with van der Waals surface area (Å²) < 4.78 is 11.1. The number of ketones is 1. The van der Waals surface area contributed by atoms with E-state index in [1.54, 1.807) is 25.3 Å². The van der Waals surface area contributed by atoms with Crippen molar-refractivity contribution in [3.05, 3.63) is 28.2 Å². The Morgan fingerprint density at radius 2 is 2.10 bits per heavy atom. The number of carbonyl (C=O) groups is 2. The van der Waals surface area contributed by atoms with Crippen LogP contribution in [0.1, 0.15) is 24.2 Å². The van der Waals surface area contributed by atoms with E-state index in [0.29, 0.717) is 17.9 Å². The number of carbonyl (C=O) groups excluding carboxylic acids is 2. The van der Waals surface area contributed by atoms with Gasteiger partial charge in [0.1, 0.15) is 5.75 Å². The Hall–Kier alpha value is -1.40. The largest absolute Gasteiger partial charge is 0.483 e. The Morgan fingerprint density at radius 3 is 2.70 bits per heavy atom. The number of benzene rings is 1. The zero-order valence-electron chi connectivity index (χ0n) is 11.7. The predicted molar refractivity (Wildman–Crippen MR) is 79.1 cm³/mol. The average Bonchev–Trinajstić information content (AvgIpc) is 2.36. The Balaban J connectivity index is 2.63. The molecule has 0 aliphatic carbocycles. The van der Waals surface area contributed by atoms with E-state index in [9.17, 15) is 9.59 Å². The fraction of sp³-hybridized carbons (Fsp3) is 0.429. The van der Waals surface area contributed by atoms with Crippen molar-refractivity contribution >= 4 is 27.6 Å². The van der Waals surface area contributed by atoms with E-state index in [-0.39, 0.29) is 24.3 Å². The number of halogens is 1. The van der Waals surface area contributed by atoms with Crippen molar-refractivity contribution < 1.29 is 19.1 Å². The molecule has 6 heteroatoms. The van der Waals surface area contributed by atoms with Crippen molar-refractivity contribution in [2.24, 2.45) is 0 Å². The average molecular weight is 344 g/mol. The van der Waals surface area contributed by atoms with Crippen LogP contribution in [-0.2, 0) is 9.53 Å². The molecule has 0 saturated heterocycles. The highest BCUT2D eigenvalue weighted by Crippen LogP contribution is 2.24. The van der Waals surface area contributed by atoms with Crippen molar-refractivity contribution in [2.45, 2.75) is 19.9 Å². The minimum atomic E-state index is -0.260. The Bertz CT molecular complexity index is 490. The number of hydrogen-bond donors (Lipinski definition) is 1. The third-order valence-corrected chi connectivity index (χ3v) is 3.00. The molecule has 110 valence electrons. The van der Waals surface area contributed by atoms with Gasteiger partial charge in [-0.3, -0.25) is 9.59 Å². The van der Waals surface area contributed by atoms with Crippen molar-refractivity contribution in [3.63, 3.8) is 0 Å². The maximum atomic E-state index is 11.7. The number of rotatable bonds is 7. The second kappa shape index (κ2) is 8.01. The van der Waals surface area contributed by atoms with Crippen molar-refractivity contribution in [2.75, 3.05) is 20.3 Å². The van der Waals surface area contributed by atoms with Gasteiger partial charge in [0, 0.05) is 17.6 Å². The van der Waals surface area contributed by atoms with Gasteiger partial charge in [-0.25, -0.2) is 0 Å². The highest BCUT2D eigenvalue weighted by atomic mass is 79.9. The zero-order valence-corrected chi connectivity index (χ0v) is 13.3. The summed E-state index contributed by atoms with van der Waals surface area (Å²) in [6, 6.07) is 4.99. The Kier molecular flexibility index (Phi) is 6.67. The first kappa shape index (κ1) is 16.7. The summed E-state index contributed by atoms with van der Waals surface area (Å²) in [5, 5.41) is 2.73. The fourth-order valence-corrected chi connectivity index (χ4v) is 2.00. The maximum Gasteiger partial charge on any atom is 0.258 e. The predicted octanol–water partition coefficient (Wildman–Crippen LogP) is 2.18. The topological polar surface area (TPSA) is 64.6 Å². The van der Waals surface area contributed by atoms with Crippen LogP contribution < -0.4 is 10.1 Å². The standard InChI is InChI=1S/C14H18BrNO4/c1-9(7-19-3)16-14(18)8-20-13-6-11(15)4-5-12(13)10(2)17/h4-6,9H,7-8H2,1-3H3,(H,16,18). The number of nitrogens with one attached hydrogen (secondary N) is 1. The molecule has 1 aromatic rings. The van der Waals surface area contributed by atoms with Gasteiger partial charge in [-0.05, 0) is 32.0 Å². The van der Waals surface area contributed by atoms with Crippen LogP contribution in [0.25, 0.3) is 0 Å². The second-order valence-electron chi connectivity index (χ2n) is 4.41. The van der Waals surface area contributed by atoms with E-state index in [1.165, 1.54) is 6.92 Å². The van der Waals surface area contributed by atoms with Crippen LogP contribution in [0.15, 0.2) is 22.7 Å². The molecule has 0 aromatic heterocycles. The molecule has 0 saturated carbocycles. The van der Waals surface area contributed by atoms with Crippen LogP contribution in [0.2, 0.25) is 0 Å². The molecule has 1 aromatic carbocycles. The Morgan fingerprint density at radius 1 is 1.40 bits per heavy atom. The van der Waals surface area contributed by atoms with E-state index < -0.39 is 0 Å². The molecule has 0 aliphatic rings. The second-order valence-corrected chi connectivity index (χ2v) is 5.32. The first-order chi connectivity index (χ1) is 9.43. The van der Waals surface area contributed by atoms with E-state index in [0.717, 1.165) is 4.47 Å². The van der Waals surface area contributed by atoms with Crippen LogP contribution in [-0.4, -0.2) is 38.1 Å². The number of methoxy groups -OCH3 is 1. The molecule has 0 heterocycles. The summed E-state index contributed by atoms with van der Waals surface area (Å²) in [4.78, 5) is 23.2. The molecule has 5 nitrogen and oxygen atoms in total. The summed E-state index contributed by atoms with van der Waals surface area (Å²) in [6.45, 7) is 3.57. The minimum Gasteiger partial charge on any atom is -0.483 e. The van der Waals surface area contributed by atoms with Crippen LogP contribution in [0.3, 0.4) is 0 Å². The first-order valence-corrected chi connectivity index (χ1v) is 6.95. The zero-order chi connectivity index (χ0) is 15.1. The van der Waals surface area contributed by atoms with Gasteiger partial charge in [0.05, 0.1) is 12.2 Å². The molecule has 1 rings (SSSR count). The molecular weight excluding hydrogens is 326 g/mol. The van der Waals surface area contributed by atoms with Crippen LogP contribution in [0, 0.1) is 0 Å². The monoisotopic (exact) mass is 343 g/mol. The van der Waals surface area contributed by atoms with Gasteiger partial charge in [0.25, 0.3) is 5.91 Å². The van der Waals surface area contributed by atoms with Gasteiger partial charge in [-0.2, -0.15) is 0 Å². The van der Waals surface area contributed by atoms with Gasteiger partial charge < -0.3 is 14.8 Å². The van der Waals surface area contributed by atoms with E-state index in [2.05, 4.69) is 21.2 Å². The molecule has 1 unspecified atom stereocenters. The van der Waals surface area contributed by atoms with Gasteiger partial charge in [0.15, 0.2) is 12.4 Å². The summed E-state index contributed by atoms with van der Waals surface area (Å²) in [5.41, 5.74) is 0.450. The summed E-state index contributed by atoms with van der Waals surface area (Å²) in [7, 11) is 1.57. The van der Waals surface area contributed by atoms with Crippen molar-refractivity contribution in [1.82, 2.24) is 5.32 Å². The smallest absolute Gasteiger partial charge is 0.258 e. The highest BCUT2D eigenvalue weighted by Gasteiger charge is 2.12. The summed E-state index contributed by atoms with van der Waals surface area (Å²) in [5.74, 6) is 0.0195. The fourth-order valence-electron chi connectivity index (χ4n) is 1.66. The van der Waals surface area contributed by atoms with Gasteiger partial charge in [-0.1, -0.05) is 15.9 Å². The molecule has 0 aliphatic heterocycles.